The van der Waals surface area contributed by atoms with E-state index in [0.29, 0.717) is 6.61 Å². The molecule has 0 fully saturated rings. The number of nitrogens with one attached hydrogen (secondary N) is 1. The fourth-order valence-corrected chi connectivity index (χ4v) is 2.91. The number of rotatable bonds is 3. The van der Waals surface area contributed by atoms with E-state index < -0.39 is 0 Å². The molecule has 0 atom stereocenters. The normalized spacial score (nSPS) is 11.2. The Hall–Kier alpha value is -1.24. The number of pyridine rings is 1. The van der Waals surface area contributed by atoms with Crippen molar-refractivity contribution < 1.29 is 4.74 Å². The number of fused-ring (bicyclic) bond motifs is 1. The van der Waals surface area contributed by atoms with Gasteiger partial charge in [0.15, 0.2) is 0 Å². The van der Waals surface area contributed by atoms with Crippen LogP contribution >= 0.6 is 27.3 Å². The molecule has 3 heterocycles. The summed E-state index contributed by atoms with van der Waals surface area (Å²) >= 11 is 5.04. The molecule has 0 amide bonds. The van der Waals surface area contributed by atoms with Gasteiger partial charge in [0.25, 0.3) is 0 Å². The van der Waals surface area contributed by atoms with E-state index in [0.717, 1.165) is 31.8 Å². The fraction of sp³-hybridized carbons (Fsp3) is 0.167. The van der Waals surface area contributed by atoms with Crippen molar-refractivity contribution >= 4 is 38.3 Å². The molecule has 3 rings (SSSR count). The highest BCUT2D eigenvalue weighted by atomic mass is 79.9. The van der Waals surface area contributed by atoms with Crippen LogP contribution in [0, 0.1) is 0 Å². The van der Waals surface area contributed by atoms with Crippen LogP contribution in [0.1, 0.15) is 5.01 Å². The van der Waals surface area contributed by atoms with E-state index in [1.54, 1.807) is 24.6 Å². The molecule has 1 N–H and O–H groups in total. The third-order valence-corrected chi connectivity index (χ3v) is 3.85. The van der Waals surface area contributed by atoms with Crippen molar-refractivity contribution in [2.45, 2.75) is 6.61 Å². The minimum atomic E-state index is 0.551. The molecular weight excluding hydrogens is 314 g/mol. The second-order valence-corrected chi connectivity index (χ2v) is 5.67. The summed E-state index contributed by atoms with van der Waals surface area (Å²) in [6.07, 6.45) is 3.72. The number of hydrogen-bond donors (Lipinski definition) is 1. The fourth-order valence-electron chi connectivity index (χ4n) is 1.81. The van der Waals surface area contributed by atoms with Gasteiger partial charge in [-0.25, -0.2) is 9.97 Å². The highest BCUT2D eigenvalue weighted by molar-refractivity contribution is 9.10. The molecule has 0 aromatic carbocycles. The van der Waals surface area contributed by atoms with Gasteiger partial charge in [0.2, 0.25) is 0 Å². The van der Waals surface area contributed by atoms with Crippen LogP contribution in [-0.4, -0.2) is 22.1 Å². The minimum absolute atomic E-state index is 0.551. The van der Waals surface area contributed by atoms with Crippen molar-refractivity contribution in [3.05, 3.63) is 33.3 Å². The molecule has 4 nitrogen and oxygen atoms in total. The van der Waals surface area contributed by atoms with Crippen molar-refractivity contribution in [2.24, 2.45) is 0 Å². The largest absolute Gasteiger partial charge is 0.378 e. The highest BCUT2D eigenvalue weighted by Gasteiger charge is 2.10. The maximum atomic E-state index is 5.09. The molecule has 3 aromatic rings. The lowest BCUT2D eigenvalue weighted by Gasteiger charge is -1.95. The quantitative estimate of drug-likeness (QED) is 0.801. The number of halogens is 1. The van der Waals surface area contributed by atoms with Crippen LogP contribution in [0.3, 0.4) is 0 Å². The Morgan fingerprint density at radius 1 is 1.50 bits per heavy atom. The number of methoxy groups -OCH3 is 1. The Morgan fingerprint density at radius 3 is 3.22 bits per heavy atom. The summed E-state index contributed by atoms with van der Waals surface area (Å²) in [6, 6.07) is 2.05. The van der Waals surface area contributed by atoms with E-state index in [4.69, 9.17) is 4.74 Å². The molecule has 3 aromatic heterocycles. The Balaban J connectivity index is 2.09. The first-order chi connectivity index (χ1) is 8.78. The zero-order chi connectivity index (χ0) is 12.5. The van der Waals surface area contributed by atoms with Crippen molar-refractivity contribution in [3.8, 4) is 11.3 Å². The second-order valence-electron chi connectivity index (χ2n) is 3.81. The Bertz CT molecular complexity index is 692. The van der Waals surface area contributed by atoms with Gasteiger partial charge in [0, 0.05) is 40.3 Å². The number of hydrogen-bond acceptors (Lipinski definition) is 4. The number of thiazole rings is 1. The molecule has 0 aliphatic rings. The van der Waals surface area contributed by atoms with Crippen LogP contribution in [0.25, 0.3) is 22.3 Å². The molecule has 0 radical (unpaired) electrons. The van der Waals surface area contributed by atoms with E-state index in [1.165, 1.54) is 0 Å². The van der Waals surface area contributed by atoms with E-state index in [9.17, 15) is 0 Å². The van der Waals surface area contributed by atoms with Gasteiger partial charge in [-0.05, 0) is 22.0 Å². The minimum Gasteiger partial charge on any atom is -0.378 e. The first-order valence-electron chi connectivity index (χ1n) is 5.34. The van der Waals surface area contributed by atoms with Crippen molar-refractivity contribution in [2.75, 3.05) is 7.11 Å². The predicted molar refractivity (Wildman–Crippen MR) is 75.6 cm³/mol. The van der Waals surface area contributed by atoms with Crippen LogP contribution < -0.4 is 0 Å². The molecule has 92 valence electrons. The molecule has 0 aliphatic heterocycles. The molecule has 0 saturated carbocycles. The molecule has 0 aliphatic carbocycles. The number of ether oxygens (including phenoxy) is 1. The summed E-state index contributed by atoms with van der Waals surface area (Å²) in [5, 5.41) is 4.08. The summed E-state index contributed by atoms with van der Waals surface area (Å²) in [4.78, 5) is 12.0. The third kappa shape index (κ3) is 2.07. The number of aromatic nitrogens is 3. The molecule has 18 heavy (non-hydrogen) atoms. The Morgan fingerprint density at radius 2 is 2.39 bits per heavy atom. The lowest BCUT2D eigenvalue weighted by atomic mass is 10.2. The molecular formula is C12H10BrN3OS. The number of nitrogens with zero attached hydrogens (tertiary/aromatic N) is 2. The van der Waals surface area contributed by atoms with Crippen LogP contribution in [0.15, 0.2) is 28.3 Å². The summed E-state index contributed by atoms with van der Waals surface area (Å²) in [6.45, 7) is 0.551. The van der Waals surface area contributed by atoms with Crippen molar-refractivity contribution in [1.29, 1.82) is 0 Å². The van der Waals surface area contributed by atoms with Crippen LogP contribution in [0.2, 0.25) is 0 Å². The number of aromatic amines is 1. The maximum Gasteiger partial charge on any atom is 0.137 e. The van der Waals surface area contributed by atoms with Crippen LogP contribution in [0.4, 0.5) is 0 Å². The van der Waals surface area contributed by atoms with E-state index in [1.807, 2.05) is 17.6 Å². The molecule has 0 bridgehead atoms. The van der Waals surface area contributed by atoms with E-state index >= 15 is 0 Å². The van der Waals surface area contributed by atoms with Crippen LogP contribution in [-0.2, 0) is 11.3 Å². The molecule has 6 heteroatoms. The van der Waals surface area contributed by atoms with Crippen molar-refractivity contribution in [3.63, 3.8) is 0 Å². The zero-order valence-corrected chi connectivity index (χ0v) is 12.0. The smallest absolute Gasteiger partial charge is 0.137 e. The Kier molecular flexibility index (Phi) is 3.15. The predicted octanol–water partition coefficient (Wildman–Crippen LogP) is 3.60. The van der Waals surface area contributed by atoms with Gasteiger partial charge in [0.05, 0.1) is 12.3 Å². The number of H-pyrrole nitrogens is 1. The molecule has 0 spiro atoms. The second kappa shape index (κ2) is 4.79. The van der Waals surface area contributed by atoms with Crippen LogP contribution in [0.5, 0.6) is 0 Å². The van der Waals surface area contributed by atoms with Gasteiger partial charge in [-0.1, -0.05) is 0 Å². The van der Waals surface area contributed by atoms with E-state index in [2.05, 4.69) is 30.9 Å². The van der Waals surface area contributed by atoms with Gasteiger partial charge in [-0.3, -0.25) is 0 Å². The summed E-state index contributed by atoms with van der Waals surface area (Å²) in [7, 11) is 1.67. The van der Waals surface area contributed by atoms with E-state index in [-0.39, 0.29) is 0 Å². The SMILES string of the molecule is COCc1nc(-c2c[nH]c3ncc(Br)cc23)cs1. The molecule has 0 saturated heterocycles. The van der Waals surface area contributed by atoms with Gasteiger partial charge in [-0.15, -0.1) is 11.3 Å². The van der Waals surface area contributed by atoms with Gasteiger partial charge in [-0.2, -0.15) is 0 Å². The van der Waals surface area contributed by atoms with Gasteiger partial charge >= 0.3 is 0 Å². The highest BCUT2D eigenvalue weighted by Crippen LogP contribution is 2.30. The maximum absolute atomic E-state index is 5.09. The third-order valence-electron chi connectivity index (χ3n) is 2.59. The van der Waals surface area contributed by atoms with Gasteiger partial charge in [0.1, 0.15) is 10.7 Å². The summed E-state index contributed by atoms with van der Waals surface area (Å²) in [5.41, 5.74) is 2.89. The zero-order valence-electron chi connectivity index (χ0n) is 9.61. The Labute approximate surface area is 116 Å². The molecule has 0 unspecified atom stereocenters. The lowest BCUT2D eigenvalue weighted by molar-refractivity contribution is 0.184. The van der Waals surface area contributed by atoms with Gasteiger partial charge < -0.3 is 9.72 Å². The summed E-state index contributed by atoms with van der Waals surface area (Å²) in [5.74, 6) is 0. The first kappa shape index (κ1) is 11.8. The average molecular weight is 324 g/mol. The lowest BCUT2D eigenvalue weighted by Crippen LogP contribution is -1.85. The average Bonchev–Trinajstić information content (AvgIpc) is 2.95. The monoisotopic (exact) mass is 323 g/mol. The first-order valence-corrected chi connectivity index (χ1v) is 7.01. The topological polar surface area (TPSA) is 50.8 Å². The summed E-state index contributed by atoms with van der Waals surface area (Å²) < 4.78 is 6.05. The van der Waals surface area contributed by atoms with Crippen molar-refractivity contribution in [1.82, 2.24) is 15.0 Å². The standard InChI is InChI=1S/C12H10BrN3OS/c1-17-5-11-16-10(6-18-11)9-4-15-12-8(9)2-7(13)3-14-12/h2-4,6H,5H2,1H3,(H,14,15).